The summed E-state index contributed by atoms with van der Waals surface area (Å²) in [7, 11) is 0. The summed E-state index contributed by atoms with van der Waals surface area (Å²) < 4.78 is 3.34. The minimum absolute atomic E-state index is 0.678. The maximum absolute atomic E-state index is 9.24. The summed E-state index contributed by atoms with van der Waals surface area (Å²) in [6, 6.07) is 26.9. The van der Waals surface area contributed by atoms with Crippen LogP contribution in [-0.4, -0.2) is 4.40 Å². The molecule has 0 saturated heterocycles. The molecule has 0 aliphatic rings. The van der Waals surface area contributed by atoms with E-state index in [2.05, 4.69) is 81.6 Å². The van der Waals surface area contributed by atoms with Gasteiger partial charge in [-0.1, -0.05) is 60.7 Å². The molecule has 0 atom stereocenters. The van der Waals surface area contributed by atoms with Gasteiger partial charge in [-0.15, -0.1) is 0 Å². The van der Waals surface area contributed by atoms with Crippen molar-refractivity contribution in [3.63, 3.8) is 0 Å². The van der Waals surface area contributed by atoms with E-state index in [1.807, 2.05) is 30.5 Å². The zero-order valence-electron chi connectivity index (χ0n) is 12.8. The van der Waals surface area contributed by atoms with Crippen LogP contribution < -0.4 is 0 Å². The number of hydrogen-bond acceptors (Lipinski definition) is 1. The summed E-state index contributed by atoms with van der Waals surface area (Å²) in [5.74, 6) is 0. The molecule has 2 heterocycles. The zero-order chi connectivity index (χ0) is 16.5. The second-order valence-corrected chi connectivity index (χ2v) is 6.63. The van der Waals surface area contributed by atoms with Gasteiger partial charge in [-0.2, -0.15) is 5.26 Å². The third kappa shape index (κ3) is 2.40. The molecular formula is C21H13IN2. The fourth-order valence-electron chi connectivity index (χ4n) is 3.03. The largest absolute Gasteiger partial charge is 0.315 e. The molecule has 4 rings (SSSR count). The molecule has 0 saturated carbocycles. The first-order valence-corrected chi connectivity index (χ1v) is 8.72. The molecule has 4 aromatic rings. The second kappa shape index (κ2) is 6.14. The number of fused-ring (bicyclic) bond motifs is 1. The molecular weight excluding hydrogens is 407 g/mol. The predicted octanol–water partition coefficient (Wildman–Crippen LogP) is 5.75. The number of halogens is 1. The lowest BCUT2D eigenvalue weighted by Crippen LogP contribution is -1.90. The molecule has 3 heteroatoms. The molecule has 0 amide bonds. The van der Waals surface area contributed by atoms with E-state index in [1.54, 1.807) is 0 Å². The van der Waals surface area contributed by atoms with Crippen molar-refractivity contribution < 1.29 is 0 Å². The number of hydrogen-bond donors (Lipinski definition) is 0. The highest BCUT2D eigenvalue weighted by Gasteiger charge is 2.19. The molecule has 0 spiro atoms. The number of rotatable bonds is 2. The predicted molar refractivity (Wildman–Crippen MR) is 106 cm³/mol. The van der Waals surface area contributed by atoms with Crippen LogP contribution in [0, 0.1) is 14.9 Å². The van der Waals surface area contributed by atoms with Crippen molar-refractivity contribution in [2.24, 2.45) is 0 Å². The zero-order valence-corrected chi connectivity index (χ0v) is 14.9. The van der Waals surface area contributed by atoms with Gasteiger partial charge in [0.15, 0.2) is 0 Å². The average molecular weight is 420 g/mol. The molecule has 2 nitrogen and oxygen atoms in total. The fraction of sp³-hybridized carbons (Fsp3) is 0. The van der Waals surface area contributed by atoms with E-state index in [1.165, 1.54) is 16.7 Å². The highest BCUT2D eigenvalue weighted by molar-refractivity contribution is 14.1. The Hall–Kier alpha value is -2.58. The number of pyridine rings is 1. The quantitative estimate of drug-likeness (QED) is 0.380. The lowest BCUT2D eigenvalue weighted by molar-refractivity contribution is 1.20. The molecule has 114 valence electrons. The van der Waals surface area contributed by atoms with Crippen molar-refractivity contribution in [3.8, 4) is 28.5 Å². The van der Waals surface area contributed by atoms with Crippen LogP contribution in [0.2, 0.25) is 0 Å². The van der Waals surface area contributed by atoms with Crippen LogP contribution in [0.15, 0.2) is 79.0 Å². The van der Waals surface area contributed by atoms with Crippen molar-refractivity contribution in [1.29, 1.82) is 5.26 Å². The van der Waals surface area contributed by atoms with E-state index in [0.717, 1.165) is 14.8 Å². The molecule has 0 unspecified atom stereocenters. The van der Waals surface area contributed by atoms with Crippen LogP contribution >= 0.6 is 22.6 Å². The van der Waals surface area contributed by atoms with Crippen LogP contribution in [0.25, 0.3) is 27.9 Å². The molecule has 0 aliphatic heterocycles. The Bertz CT molecular complexity index is 1060. The van der Waals surface area contributed by atoms with Crippen molar-refractivity contribution in [1.82, 2.24) is 4.40 Å². The maximum atomic E-state index is 9.24. The summed E-state index contributed by atoms with van der Waals surface area (Å²) in [6.07, 6.45) is 1.99. The molecule has 24 heavy (non-hydrogen) atoms. The molecule has 2 aromatic heterocycles. The number of benzene rings is 2. The van der Waals surface area contributed by atoms with Gasteiger partial charge in [0.1, 0.15) is 0 Å². The monoisotopic (exact) mass is 420 g/mol. The number of aromatic nitrogens is 1. The summed E-state index contributed by atoms with van der Waals surface area (Å²) >= 11 is 2.39. The third-order valence-electron chi connectivity index (χ3n) is 4.12. The Morgan fingerprint density at radius 1 is 0.833 bits per heavy atom. The normalized spacial score (nSPS) is 10.7. The maximum Gasteiger partial charge on any atom is 0.0992 e. The van der Waals surface area contributed by atoms with Gasteiger partial charge in [0.05, 0.1) is 22.8 Å². The van der Waals surface area contributed by atoms with Gasteiger partial charge in [0.2, 0.25) is 0 Å². The molecule has 0 aliphatic carbocycles. The molecule has 2 aromatic carbocycles. The standard InChI is InChI=1S/C21H13IN2/c22-20-18-13-15(14-23)11-12-24(18)21(17-9-5-2-6-10-17)19(20)16-7-3-1-4-8-16/h1-13H. The molecule has 0 N–H and O–H groups in total. The minimum atomic E-state index is 0.678. The van der Waals surface area contributed by atoms with Crippen molar-refractivity contribution in [2.45, 2.75) is 0 Å². The van der Waals surface area contributed by atoms with Gasteiger partial charge in [-0.05, 0) is 45.9 Å². The molecule has 0 fully saturated rings. The number of nitriles is 1. The molecule has 0 radical (unpaired) electrons. The third-order valence-corrected chi connectivity index (χ3v) is 5.21. The van der Waals surface area contributed by atoms with Gasteiger partial charge in [-0.3, -0.25) is 0 Å². The fourth-order valence-corrected chi connectivity index (χ4v) is 4.02. The van der Waals surface area contributed by atoms with Crippen molar-refractivity contribution in [2.75, 3.05) is 0 Å². The van der Waals surface area contributed by atoms with E-state index in [-0.39, 0.29) is 0 Å². The van der Waals surface area contributed by atoms with Crippen LogP contribution in [0.3, 0.4) is 0 Å². The van der Waals surface area contributed by atoms with E-state index in [4.69, 9.17) is 0 Å². The minimum Gasteiger partial charge on any atom is -0.315 e. The lowest BCUT2D eigenvalue weighted by atomic mass is 10.0. The van der Waals surface area contributed by atoms with E-state index >= 15 is 0 Å². The SMILES string of the molecule is N#Cc1ccn2c(-c3ccccc3)c(-c3ccccc3)c(I)c2c1. The van der Waals surface area contributed by atoms with E-state index in [0.29, 0.717) is 5.56 Å². The van der Waals surface area contributed by atoms with Crippen LogP contribution in [0.4, 0.5) is 0 Å². The van der Waals surface area contributed by atoms with Crippen LogP contribution in [-0.2, 0) is 0 Å². The molecule has 0 bridgehead atoms. The summed E-state index contributed by atoms with van der Waals surface area (Å²) in [6.45, 7) is 0. The van der Waals surface area contributed by atoms with E-state index < -0.39 is 0 Å². The first-order valence-electron chi connectivity index (χ1n) is 7.64. The van der Waals surface area contributed by atoms with Gasteiger partial charge < -0.3 is 4.40 Å². The Labute approximate surface area is 154 Å². The van der Waals surface area contributed by atoms with Crippen molar-refractivity contribution >= 4 is 28.1 Å². The van der Waals surface area contributed by atoms with Crippen molar-refractivity contribution in [3.05, 3.63) is 88.1 Å². The number of nitrogens with zero attached hydrogens (tertiary/aromatic N) is 2. The summed E-state index contributed by atoms with van der Waals surface area (Å²) in [5.41, 5.74) is 6.45. The average Bonchev–Trinajstić information content (AvgIpc) is 2.95. The smallest absolute Gasteiger partial charge is 0.0992 e. The van der Waals surface area contributed by atoms with Crippen LogP contribution in [0.5, 0.6) is 0 Å². The van der Waals surface area contributed by atoms with Gasteiger partial charge in [-0.25, -0.2) is 0 Å². The second-order valence-electron chi connectivity index (χ2n) is 5.55. The Morgan fingerprint density at radius 3 is 2.08 bits per heavy atom. The van der Waals surface area contributed by atoms with E-state index in [9.17, 15) is 5.26 Å². The first kappa shape index (κ1) is 15.0. The van der Waals surface area contributed by atoms with Crippen LogP contribution in [0.1, 0.15) is 5.56 Å². The summed E-state index contributed by atoms with van der Waals surface area (Å²) in [4.78, 5) is 0. The lowest BCUT2D eigenvalue weighted by Gasteiger charge is -2.07. The topological polar surface area (TPSA) is 28.2 Å². The van der Waals surface area contributed by atoms with Gasteiger partial charge in [0.25, 0.3) is 0 Å². The highest BCUT2D eigenvalue weighted by atomic mass is 127. The van der Waals surface area contributed by atoms with Gasteiger partial charge >= 0.3 is 0 Å². The Balaban J connectivity index is 2.14. The summed E-state index contributed by atoms with van der Waals surface area (Å²) in [5, 5.41) is 9.24. The Kier molecular flexibility index (Phi) is 3.83. The Morgan fingerprint density at radius 2 is 1.46 bits per heavy atom. The first-order chi connectivity index (χ1) is 11.8. The van der Waals surface area contributed by atoms with Gasteiger partial charge in [0, 0.05) is 15.3 Å². The highest BCUT2D eigenvalue weighted by Crippen LogP contribution is 2.40.